The molecule has 5 aromatic rings. The molecule has 24 heavy (non-hydrogen) atoms. The summed E-state index contributed by atoms with van der Waals surface area (Å²) in [6.45, 7) is 1.97. The quantitative estimate of drug-likeness (QED) is 0.379. The van der Waals surface area contributed by atoms with E-state index in [0.717, 1.165) is 21.7 Å². The predicted octanol–water partition coefficient (Wildman–Crippen LogP) is 5.97. The standard InChI is InChI=1S/C21H14N2S/c1-13-22-20(16-11-6-8-14-7-2-3-9-15(14)16)19-17-10-4-5-12-18(17)24-21(19)23-13/h2-12H,1H3. The Morgan fingerprint density at radius 2 is 1.50 bits per heavy atom. The molecule has 0 aliphatic rings. The molecule has 0 amide bonds. The van der Waals surface area contributed by atoms with E-state index in [1.807, 2.05) is 6.92 Å². The maximum atomic E-state index is 4.84. The van der Waals surface area contributed by atoms with Crippen molar-refractivity contribution in [3.05, 3.63) is 72.6 Å². The molecule has 0 saturated carbocycles. The lowest BCUT2D eigenvalue weighted by Crippen LogP contribution is -1.92. The van der Waals surface area contributed by atoms with E-state index >= 15 is 0 Å². The molecule has 2 aromatic heterocycles. The number of rotatable bonds is 1. The van der Waals surface area contributed by atoms with Crippen LogP contribution in [-0.4, -0.2) is 9.97 Å². The van der Waals surface area contributed by atoms with Crippen LogP contribution in [0, 0.1) is 6.92 Å². The summed E-state index contributed by atoms with van der Waals surface area (Å²) in [5, 5.41) is 4.87. The van der Waals surface area contributed by atoms with Crippen molar-refractivity contribution in [3.8, 4) is 11.3 Å². The SMILES string of the molecule is Cc1nc(-c2cccc3ccccc23)c2c(n1)sc1ccccc12. The van der Waals surface area contributed by atoms with Gasteiger partial charge in [0.2, 0.25) is 0 Å². The Labute approximate surface area is 143 Å². The van der Waals surface area contributed by atoms with Gasteiger partial charge in [-0.25, -0.2) is 9.97 Å². The highest BCUT2D eigenvalue weighted by Crippen LogP contribution is 2.39. The first-order valence-electron chi connectivity index (χ1n) is 7.95. The summed E-state index contributed by atoms with van der Waals surface area (Å²) in [4.78, 5) is 10.6. The molecule has 2 heterocycles. The summed E-state index contributed by atoms with van der Waals surface area (Å²) in [5.74, 6) is 0.817. The Balaban J connectivity index is 1.98. The van der Waals surface area contributed by atoms with Crippen molar-refractivity contribution in [2.75, 3.05) is 0 Å². The fourth-order valence-corrected chi connectivity index (χ4v) is 4.48. The summed E-state index contributed by atoms with van der Waals surface area (Å²) in [6.07, 6.45) is 0. The lowest BCUT2D eigenvalue weighted by Gasteiger charge is -2.08. The Kier molecular flexibility index (Phi) is 2.91. The van der Waals surface area contributed by atoms with Gasteiger partial charge in [0.1, 0.15) is 10.7 Å². The van der Waals surface area contributed by atoms with Gasteiger partial charge in [0, 0.05) is 21.0 Å². The third-order valence-corrected chi connectivity index (χ3v) is 5.46. The molecule has 114 valence electrons. The molecule has 5 rings (SSSR count). The molecule has 3 heteroatoms. The van der Waals surface area contributed by atoms with Gasteiger partial charge in [-0.15, -0.1) is 11.3 Å². The van der Waals surface area contributed by atoms with Crippen LogP contribution >= 0.6 is 11.3 Å². The first-order valence-corrected chi connectivity index (χ1v) is 8.77. The zero-order valence-electron chi connectivity index (χ0n) is 13.2. The Morgan fingerprint density at radius 3 is 2.42 bits per heavy atom. The summed E-state index contributed by atoms with van der Waals surface area (Å²) >= 11 is 1.74. The molecule has 3 aromatic carbocycles. The zero-order valence-corrected chi connectivity index (χ0v) is 14.0. The first-order chi connectivity index (χ1) is 11.8. The molecular formula is C21H14N2S. The van der Waals surface area contributed by atoms with Crippen LogP contribution in [0.1, 0.15) is 5.82 Å². The number of benzene rings is 3. The lowest BCUT2D eigenvalue weighted by atomic mass is 9.99. The number of fused-ring (bicyclic) bond motifs is 4. The second-order valence-corrected chi connectivity index (χ2v) is 6.96. The minimum atomic E-state index is 0.817. The number of thiophene rings is 1. The van der Waals surface area contributed by atoms with Gasteiger partial charge in [-0.3, -0.25) is 0 Å². The molecular weight excluding hydrogens is 312 g/mol. The maximum Gasteiger partial charge on any atom is 0.128 e. The molecule has 0 bridgehead atoms. The van der Waals surface area contributed by atoms with E-state index in [2.05, 4.69) is 71.7 Å². The number of aromatic nitrogens is 2. The van der Waals surface area contributed by atoms with Gasteiger partial charge in [-0.05, 0) is 23.8 Å². The van der Waals surface area contributed by atoms with Crippen LogP contribution in [0.5, 0.6) is 0 Å². The normalized spacial score (nSPS) is 11.5. The van der Waals surface area contributed by atoms with E-state index in [1.54, 1.807) is 11.3 Å². The number of hydrogen-bond acceptors (Lipinski definition) is 3. The highest BCUT2D eigenvalue weighted by Gasteiger charge is 2.15. The highest BCUT2D eigenvalue weighted by molar-refractivity contribution is 7.25. The third kappa shape index (κ3) is 1.95. The van der Waals surface area contributed by atoms with E-state index in [9.17, 15) is 0 Å². The van der Waals surface area contributed by atoms with Gasteiger partial charge in [0.05, 0.1) is 5.69 Å². The maximum absolute atomic E-state index is 4.84. The fraction of sp³-hybridized carbons (Fsp3) is 0.0476. The third-order valence-electron chi connectivity index (χ3n) is 4.40. The van der Waals surface area contributed by atoms with Gasteiger partial charge >= 0.3 is 0 Å². The van der Waals surface area contributed by atoms with Crippen LogP contribution in [0.3, 0.4) is 0 Å². The van der Waals surface area contributed by atoms with E-state index in [0.29, 0.717) is 0 Å². The average Bonchev–Trinajstić information content (AvgIpc) is 2.98. The number of hydrogen-bond donors (Lipinski definition) is 0. The van der Waals surface area contributed by atoms with Crippen molar-refractivity contribution >= 4 is 42.4 Å². The van der Waals surface area contributed by atoms with Gasteiger partial charge in [-0.1, -0.05) is 60.7 Å². The van der Waals surface area contributed by atoms with E-state index in [4.69, 9.17) is 4.98 Å². The lowest BCUT2D eigenvalue weighted by molar-refractivity contribution is 1.10. The Hall–Kier alpha value is -2.78. The second kappa shape index (κ2) is 5.11. The van der Waals surface area contributed by atoms with Crippen LogP contribution in [-0.2, 0) is 0 Å². The van der Waals surface area contributed by atoms with Crippen molar-refractivity contribution in [2.24, 2.45) is 0 Å². The molecule has 0 unspecified atom stereocenters. The smallest absolute Gasteiger partial charge is 0.128 e. The summed E-state index contributed by atoms with van der Waals surface area (Å²) in [5.41, 5.74) is 2.21. The van der Waals surface area contributed by atoms with Crippen molar-refractivity contribution in [2.45, 2.75) is 6.92 Å². The molecule has 2 nitrogen and oxygen atoms in total. The van der Waals surface area contributed by atoms with Crippen LogP contribution in [0.4, 0.5) is 0 Å². The van der Waals surface area contributed by atoms with Gasteiger partial charge in [0.25, 0.3) is 0 Å². The second-order valence-electron chi connectivity index (χ2n) is 5.92. The summed E-state index contributed by atoms with van der Waals surface area (Å²) < 4.78 is 1.26. The number of aryl methyl sites for hydroxylation is 1. The van der Waals surface area contributed by atoms with Crippen molar-refractivity contribution in [3.63, 3.8) is 0 Å². The van der Waals surface area contributed by atoms with Crippen molar-refractivity contribution in [1.29, 1.82) is 0 Å². The highest BCUT2D eigenvalue weighted by atomic mass is 32.1. The van der Waals surface area contributed by atoms with Crippen LogP contribution < -0.4 is 0 Å². The molecule has 0 saturated heterocycles. The topological polar surface area (TPSA) is 25.8 Å². The first kappa shape index (κ1) is 13.6. The van der Waals surface area contributed by atoms with E-state index < -0.39 is 0 Å². The van der Waals surface area contributed by atoms with Crippen LogP contribution in [0.15, 0.2) is 66.7 Å². The van der Waals surface area contributed by atoms with Gasteiger partial charge in [0.15, 0.2) is 0 Å². The minimum absolute atomic E-state index is 0.817. The Morgan fingerprint density at radius 1 is 0.750 bits per heavy atom. The van der Waals surface area contributed by atoms with Crippen molar-refractivity contribution in [1.82, 2.24) is 9.97 Å². The monoisotopic (exact) mass is 326 g/mol. The summed E-state index contributed by atoms with van der Waals surface area (Å²) in [6, 6.07) is 23.4. The molecule has 0 fully saturated rings. The summed E-state index contributed by atoms with van der Waals surface area (Å²) in [7, 11) is 0. The van der Waals surface area contributed by atoms with E-state index in [-0.39, 0.29) is 0 Å². The molecule has 0 N–H and O–H groups in total. The van der Waals surface area contributed by atoms with Gasteiger partial charge < -0.3 is 0 Å². The Bertz CT molecular complexity index is 1220. The molecule has 0 spiro atoms. The molecule has 0 radical (unpaired) electrons. The van der Waals surface area contributed by atoms with Crippen LogP contribution in [0.25, 0.3) is 42.3 Å². The average molecular weight is 326 g/mol. The van der Waals surface area contributed by atoms with Crippen molar-refractivity contribution < 1.29 is 0 Å². The van der Waals surface area contributed by atoms with E-state index in [1.165, 1.54) is 26.4 Å². The molecule has 0 aliphatic carbocycles. The minimum Gasteiger partial charge on any atom is -0.232 e. The predicted molar refractivity (Wildman–Crippen MR) is 103 cm³/mol. The van der Waals surface area contributed by atoms with Crippen LogP contribution in [0.2, 0.25) is 0 Å². The number of nitrogens with zero attached hydrogens (tertiary/aromatic N) is 2. The zero-order chi connectivity index (χ0) is 16.1. The fourth-order valence-electron chi connectivity index (χ4n) is 3.36. The largest absolute Gasteiger partial charge is 0.232 e. The van der Waals surface area contributed by atoms with Gasteiger partial charge in [-0.2, -0.15) is 0 Å². The molecule has 0 atom stereocenters. The molecule has 0 aliphatic heterocycles.